The Balaban J connectivity index is 1.78. The van der Waals surface area contributed by atoms with Crippen LogP contribution in [0.15, 0.2) is 73.1 Å². The van der Waals surface area contributed by atoms with Crippen molar-refractivity contribution in [3.05, 3.63) is 84.2 Å². The zero-order valence-electron chi connectivity index (χ0n) is 16.9. The Kier molecular flexibility index (Phi) is 5.39. The monoisotopic (exact) mass is 398 g/mol. The maximum atomic E-state index is 12.9. The molecule has 2 heterocycles. The first kappa shape index (κ1) is 19.5. The van der Waals surface area contributed by atoms with E-state index in [1.807, 2.05) is 62.4 Å². The Hall–Kier alpha value is -3.80. The highest BCUT2D eigenvalue weighted by Crippen LogP contribution is 2.26. The Morgan fingerprint density at radius 1 is 1.00 bits per heavy atom. The van der Waals surface area contributed by atoms with Crippen molar-refractivity contribution in [2.45, 2.75) is 20.3 Å². The number of benzene rings is 2. The Morgan fingerprint density at radius 2 is 1.80 bits per heavy atom. The minimum Gasteiger partial charge on any atom is -0.313 e. The standard InChI is InChI=1S/C24H22N4O2/c1-3-22(29)27(4-2)19-12-8-11-18(15-19)21-13-14-25-24-20(16-26-28(21)24)23(30)17-9-6-5-7-10-17/h5-16H,3-4H2,1-2H3. The zero-order chi connectivity index (χ0) is 21.1. The second-order valence-electron chi connectivity index (χ2n) is 6.86. The number of carbonyl (C=O) groups excluding carboxylic acids is 2. The quantitative estimate of drug-likeness (QED) is 0.452. The van der Waals surface area contributed by atoms with Crippen molar-refractivity contribution >= 4 is 23.0 Å². The molecule has 4 aromatic rings. The zero-order valence-corrected chi connectivity index (χ0v) is 16.9. The molecular formula is C24H22N4O2. The summed E-state index contributed by atoms with van der Waals surface area (Å²) in [4.78, 5) is 31.4. The van der Waals surface area contributed by atoms with E-state index in [2.05, 4.69) is 10.1 Å². The molecule has 0 radical (unpaired) electrons. The smallest absolute Gasteiger partial charge is 0.226 e. The second kappa shape index (κ2) is 8.29. The molecule has 0 atom stereocenters. The van der Waals surface area contributed by atoms with E-state index in [1.165, 1.54) is 0 Å². The van der Waals surface area contributed by atoms with Crippen LogP contribution in [0.2, 0.25) is 0 Å². The summed E-state index contributed by atoms with van der Waals surface area (Å²) >= 11 is 0. The Labute approximate surface area is 174 Å². The summed E-state index contributed by atoms with van der Waals surface area (Å²) in [5, 5.41) is 4.44. The predicted molar refractivity (Wildman–Crippen MR) is 117 cm³/mol. The average Bonchev–Trinajstić information content (AvgIpc) is 3.24. The van der Waals surface area contributed by atoms with Crippen molar-refractivity contribution < 1.29 is 9.59 Å². The molecule has 1 amide bonds. The minimum absolute atomic E-state index is 0.0735. The normalized spacial score (nSPS) is 10.9. The number of ketones is 1. The number of hydrogen-bond acceptors (Lipinski definition) is 4. The SMILES string of the molecule is CCC(=O)N(CC)c1cccc(-c2ccnc3c(C(=O)c4ccccc4)cnn23)c1. The molecule has 150 valence electrons. The van der Waals surface area contributed by atoms with Gasteiger partial charge < -0.3 is 4.90 Å². The first-order valence-corrected chi connectivity index (χ1v) is 9.97. The van der Waals surface area contributed by atoms with Crippen molar-refractivity contribution in [2.75, 3.05) is 11.4 Å². The van der Waals surface area contributed by atoms with Crippen LogP contribution in [-0.2, 0) is 4.79 Å². The van der Waals surface area contributed by atoms with Gasteiger partial charge in [0.2, 0.25) is 5.91 Å². The van der Waals surface area contributed by atoms with Gasteiger partial charge >= 0.3 is 0 Å². The molecular weight excluding hydrogens is 376 g/mol. The van der Waals surface area contributed by atoms with E-state index in [1.54, 1.807) is 33.9 Å². The van der Waals surface area contributed by atoms with Crippen LogP contribution >= 0.6 is 0 Å². The fourth-order valence-electron chi connectivity index (χ4n) is 3.54. The van der Waals surface area contributed by atoms with Crippen LogP contribution in [0.3, 0.4) is 0 Å². The second-order valence-corrected chi connectivity index (χ2v) is 6.86. The molecule has 0 saturated heterocycles. The molecule has 0 bridgehead atoms. The van der Waals surface area contributed by atoms with Crippen LogP contribution < -0.4 is 4.90 Å². The molecule has 0 aliphatic carbocycles. The summed E-state index contributed by atoms with van der Waals surface area (Å²) in [5.41, 5.74) is 4.08. The Bertz CT molecular complexity index is 1210. The highest BCUT2D eigenvalue weighted by Gasteiger charge is 2.18. The van der Waals surface area contributed by atoms with Crippen LogP contribution in [0.5, 0.6) is 0 Å². The molecule has 0 spiro atoms. The van der Waals surface area contributed by atoms with E-state index in [4.69, 9.17) is 0 Å². The van der Waals surface area contributed by atoms with E-state index >= 15 is 0 Å². The number of aromatic nitrogens is 3. The third-order valence-electron chi connectivity index (χ3n) is 5.06. The van der Waals surface area contributed by atoms with E-state index in [0.29, 0.717) is 29.7 Å². The van der Waals surface area contributed by atoms with Gasteiger partial charge in [-0.3, -0.25) is 9.59 Å². The van der Waals surface area contributed by atoms with E-state index in [-0.39, 0.29) is 11.7 Å². The highest BCUT2D eigenvalue weighted by atomic mass is 16.2. The highest BCUT2D eigenvalue weighted by molar-refractivity contribution is 6.12. The Morgan fingerprint density at radius 3 is 2.53 bits per heavy atom. The number of rotatable bonds is 6. The van der Waals surface area contributed by atoms with Gasteiger partial charge in [0.05, 0.1) is 17.5 Å². The van der Waals surface area contributed by atoms with Crippen molar-refractivity contribution in [1.82, 2.24) is 14.6 Å². The van der Waals surface area contributed by atoms with Crippen LogP contribution in [-0.4, -0.2) is 32.8 Å². The van der Waals surface area contributed by atoms with Gasteiger partial charge in [-0.1, -0.05) is 49.4 Å². The molecule has 0 saturated carbocycles. The molecule has 0 unspecified atom stereocenters. The van der Waals surface area contributed by atoms with Crippen molar-refractivity contribution in [3.8, 4) is 11.3 Å². The molecule has 0 aliphatic heterocycles. The fraction of sp³-hybridized carbons (Fsp3) is 0.167. The largest absolute Gasteiger partial charge is 0.313 e. The van der Waals surface area contributed by atoms with Crippen LogP contribution in [0.1, 0.15) is 36.2 Å². The summed E-state index contributed by atoms with van der Waals surface area (Å²) in [5.74, 6) is -0.0425. The molecule has 6 nitrogen and oxygen atoms in total. The van der Waals surface area contributed by atoms with Gasteiger partial charge in [0.25, 0.3) is 0 Å². The molecule has 0 fully saturated rings. The number of nitrogens with zero attached hydrogens (tertiary/aromatic N) is 4. The predicted octanol–water partition coefficient (Wildman–Crippen LogP) is 4.39. The number of fused-ring (bicyclic) bond motifs is 1. The third kappa shape index (κ3) is 3.48. The van der Waals surface area contributed by atoms with Gasteiger partial charge in [-0.2, -0.15) is 5.10 Å². The average molecular weight is 398 g/mol. The topological polar surface area (TPSA) is 67.6 Å². The van der Waals surface area contributed by atoms with Gasteiger partial charge in [-0.15, -0.1) is 0 Å². The lowest BCUT2D eigenvalue weighted by Gasteiger charge is -2.21. The lowest BCUT2D eigenvalue weighted by Crippen LogP contribution is -2.29. The number of anilines is 1. The lowest BCUT2D eigenvalue weighted by molar-refractivity contribution is -0.118. The van der Waals surface area contributed by atoms with Crippen LogP contribution in [0.4, 0.5) is 5.69 Å². The summed E-state index contributed by atoms with van der Waals surface area (Å²) < 4.78 is 1.67. The van der Waals surface area contributed by atoms with Crippen LogP contribution in [0, 0.1) is 0 Å². The number of carbonyl (C=O) groups is 2. The van der Waals surface area contributed by atoms with Crippen molar-refractivity contribution in [1.29, 1.82) is 0 Å². The van der Waals surface area contributed by atoms with Crippen molar-refractivity contribution in [3.63, 3.8) is 0 Å². The summed E-state index contributed by atoms with van der Waals surface area (Å²) in [6.45, 7) is 4.41. The molecule has 2 aromatic carbocycles. The molecule has 2 aromatic heterocycles. The lowest BCUT2D eigenvalue weighted by atomic mass is 10.1. The molecule has 6 heteroatoms. The van der Waals surface area contributed by atoms with Gasteiger partial charge in [-0.05, 0) is 25.1 Å². The first-order chi connectivity index (χ1) is 14.6. The summed E-state index contributed by atoms with van der Waals surface area (Å²) in [7, 11) is 0. The van der Waals surface area contributed by atoms with Crippen LogP contribution in [0.25, 0.3) is 16.9 Å². The van der Waals surface area contributed by atoms with E-state index < -0.39 is 0 Å². The summed E-state index contributed by atoms with van der Waals surface area (Å²) in [6.07, 6.45) is 3.68. The molecule has 0 aliphatic rings. The molecule has 0 N–H and O–H groups in total. The maximum Gasteiger partial charge on any atom is 0.226 e. The summed E-state index contributed by atoms with van der Waals surface area (Å²) in [6, 6.07) is 18.7. The minimum atomic E-state index is -0.116. The maximum absolute atomic E-state index is 12.9. The van der Waals surface area contributed by atoms with E-state index in [9.17, 15) is 9.59 Å². The molecule has 4 rings (SSSR count). The number of hydrogen-bond donors (Lipinski definition) is 0. The number of amides is 1. The van der Waals surface area contributed by atoms with Gasteiger partial charge in [0.1, 0.15) is 0 Å². The third-order valence-corrected chi connectivity index (χ3v) is 5.06. The fourth-order valence-corrected chi connectivity index (χ4v) is 3.54. The van der Waals surface area contributed by atoms with Gasteiger partial charge in [0, 0.05) is 36.0 Å². The van der Waals surface area contributed by atoms with Gasteiger partial charge in [-0.25, -0.2) is 9.50 Å². The van der Waals surface area contributed by atoms with Gasteiger partial charge in [0.15, 0.2) is 11.4 Å². The first-order valence-electron chi connectivity index (χ1n) is 9.97. The van der Waals surface area contributed by atoms with E-state index in [0.717, 1.165) is 16.9 Å². The van der Waals surface area contributed by atoms with Crippen molar-refractivity contribution in [2.24, 2.45) is 0 Å². The molecule has 30 heavy (non-hydrogen) atoms.